The number of aliphatic hydroxyl groups is 1. The number of likely N-dealkylation sites (tertiary alicyclic amines) is 1. The van der Waals surface area contributed by atoms with Crippen LogP contribution in [0, 0.1) is 5.41 Å². The van der Waals surface area contributed by atoms with Crippen LogP contribution in [0.5, 0.6) is 11.5 Å². The lowest BCUT2D eigenvalue weighted by molar-refractivity contribution is -0.141. The molecule has 2 fully saturated rings. The summed E-state index contributed by atoms with van der Waals surface area (Å²) in [4.78, 5) is 32.2. The van der Waals surface area contributed by atoms with Gasteiger partial charge in [0.1, 0.15) is 11.5 Å². The van der Waals surface area contributed by atoms with Crippen LogP contribution in [0.1, 0.15) is 32.6 Å². The molecular formula is C24H25ClN4O5. The van der Waals surface area contributed by atoms with Crippen LogP contribution in [-0.4, -0.2) is 55.5 Å². The minimum atomic E-state index is -1.08. The van der Waals surface area contributed by atoms with Crippen molar-refractivity contribution in [3.63, 3.8) is 0 Å². The highest BCUT2D eigenvalue weighted by molar-refractivity contribution is 6.31. The minimum Gasteiger partial charge on any atom is -0.454 e. The van der Waals surface area contributed by atoms with E-state index in [4.69, 9.17) is 21.1 Å². The summed E-state index contributed by atoms with van der Waals surface area (Å²) in [6, 6.07) is 7.00. The summed E-state index contributed by atoms with van der Waals surface area (Å²) >= 11 is 6.50. The second-order valence-corrected chi connectivity index (χ2v) is 10.2. The molecule has 3 aromatic rings. The zero-order valence-corrected chi connectivity index (χ0v) is 19.5. The van der Waals surface area contributed by atoms with Gasteiger partial charge in [0.25, 0.3) is 5.56 Å². The molecule has 4 heterocycles. The van der Waals surface area contributed by atoms with E-state index in [0.29, 0.717) is 59.3 Å². The molecule has 1 aromatic carbocycles. The fraction of sp³-hybridized carbons (Fsp3) is 0.458. The van der Waals surface area contributed by atoms with Gasteiger partial charge in [-0.25, -0.2) is 4.98 Å². The number of halogens is 1. The van der Waals surface area contributed by atoms with Crippen LogP contribution in [0.3, 0.4) is 0 Å². The molecule has 1 N–H and O–H groups in total. The molecule has 2 aliphatic heterocycles. The van der Waals surface area contributed by atoms with Crippen LogP contribution >= 0.6 is 11.6 Å². The Morgan fingerprint density at radius 3 is 2.62 bits per heavy atom. The number of amides is 1. The average molecular weight is 485 g/mol. The number of piperidine rings is 1. The molecule has 10 heteroatoms. The van der Waals surface area contributed by atoms with E-state index >= 15 is 0 Å². The Balaban J connectivity index is 1.26. The van der Waals surface area contributed by atoms with E-state index in [1.807, 2.05) is 17.9 Å². The standard InChI is InChI=1S/C24H25ClN4O5/c1-23(4-5-23)22(31)27-8-6-24(32,7-9-27)12-28-13-26-20-16(21(28)30)11-19(25)29(20)15-2-3-17-18(10-15)34-14-33-17/h2-3,10-11,13,32H,4-9,12,14H2,1H3. The Labute approximate surface area is 200 Å². The molecule has 1 aliphatic carbocycles. The summed E-state index contributed by atoms with van der Waals surface area (Å²) in [7, 11) is 0. The molecule has 3 aliphatic rings. The summed E-state index contributed by atoms with van der Waals surface area (Å²) in [5.41, 5.74) is -0.441. The Kier molecular flexibility index (Phi) is 4.73. The highest BCUT2D eigenvalue weighted by Gasteiger charge is 2.48. The van der Waals surface area contributed by atoms with Crippen molar-refractivity contribution in [3.05, 3.63) is 46.1 Å². The minimum absolute atomic E-state index is 0.112. The summed E-state index contributed by atoms with van der Waals surface area (Å²) in [6.45, 7) is 3.25. The van der Waals surface area contributed by atoms with Gasteiger partial charge in [0.2, 0.25) is 12.7 Å². The van der Waals surface area contributed by atoms with Crippen LogP contribution in [-0.2, 0) is 11.3 Å². The molecule has 1 amide bonds. The number of rotatable bonds is 4. The molecule has 2 aromatic heterocycles. The number of fused-ring (bicyclic) bond motifs is 2. The van der Waals surface area contributed by atoms with Gasteiger partial charge in [-0.05, 0) is 43.9 Å². The van der Waals surface area contributed by atoms with Gasteiger partial charge >= 0.3 is 0 Å². The van der Waals surface area contributed by atoms with Crippen molar-refractivity contribution in [2.24, 2.45) is 5.41 Å². The molecule has 0 radical (unpaired) electrons. The number of carbonyl (C=O) groups is 1. The summed E-state index contributed by atoms with van der Waals surface area (Å²) < 4.78 is 13.9. The smallest absolute Gasteiger partial charge is 0.262 e. The zero-order valence-electron chi connectivity index (χ0n) is 18.8. The number of nitrogens with zero attached hydrogens (tertiary/aromatic N) is 4. The molecule has 0 spiro atoms. The van der Waals surface area contributed by atoms with Crippen molar-refractivity contribution in [3.8, 4) is 17.2 Å². The normalized spacial score (nSPS) is 20.0. The number of ether oxygens (including phenoxy) is 2. The third-order valence-corrected chi connectivity index (χ3v) is 7.60. The first kappa shape index (κ1) is 21.5. The van der Waals surface area contributed by atoms with Gasteiger partial charge in [0, 0.05) is 24.6 Å². The molecular weight excluding hydrogens is 460 g/mol. The van der Waals surface area contributed by atoms with Crippen molar-refractivity contribution < 1.29 is 19.4 Å². The van der Waals surface area contributed by atoms with E-state index in [-0.39, 0.29) is 30.2 Å². The Morgan fingerprint density at radius 1 is 1.15 bits per heavy atom. The first-order chi connectivity index (χ1) is 16.3. The monoisotopic (exact) mass is 484 g/mol. The lowest BCUT2D eigenvalue weighted by Gasteiger charge is -2.39. The Morgan fingerprint density at radius 2 is 1.88 bits per heavy atom. The number of aromatic nitrogens is 3. The predicted octanol–water partition coefficient (Wildman–Crippen LogP) is 2.72. The first-order valence-electron chi connectivity index (χ1n) is 11.4. The van der Waals surface area contributed by atoms with Gasteiger partial charge in [-0.1, -0.05) is 18.5 Å². The van der Waals surface area contributed by atoms with Crippen molar-refractivity contribution in [2.75, 3.05) is 19.9 Å². The Hall–Kier alpha value is -3.04. The zero-order chi connectivity index (χ0) is 23.7. The average Bonchev–Trinajstić information content (AvgIpc) is 3.25. The second kappa shape index (κ2) is 7.48. The van der Waals surface area contributed by atoms with Gasteiger partial charge in [-0.15, -0.1) is 0 Å². The van der Waals surface area contributed by atoms with Crippen LogP contribution in [0.4, 0.5) is 0 Å². The van der Waals surface area contributed by atoms with Crippen molar-refractivity contribution in [1.82, 2.24) is 19.0 Å². The van der Waals surface area contributed by atoms with E-state index < -0.39 is 5.60 Å². The third-order valence-electron chi connectivity index (χ3n) is 7.32. The molecule has 34 heavy (non-hydrogen) atoms. The number of hydrogen-bond donors (Lipinski definition) is 1. The van der Waals surface area contributed by atoms with Crippen molar-refractivity contribution in [2.45, 2.75) is 44.8 Å². The highest BCUT2D eigenvalue weighted by Crippen LogP contribution is 2.47. The number of benzene rings is 1. The summed E-state index contributed by atoms with van der Waals surface area (Å²) in [5, 5.41) is 11.9. The van der Waals surface area contributed by atoms with Gasteiger partial charge in [0.05, 0.1) is 23.2 Å². The second-order valence-electron chi connectivity index (χ2n) is 9.83. The molecule has 1 saturated carbocycles. The quantitative estimate of drug-likeness (QED) is 0.611. The summed E-state index contributed by atoms with van der Waals surface area (Å²) in [5.74, 6) is 1.43. The maximum atomic E-state index is 13.3. The van der Waals surface area contributed by atoms with E-state index in [1.54, 1.807) is 22.8 Å². The highest BCUT2D eigenvalue weighted by atomic mass is 35.5. The van der Waals surface area contributed by atoms with E-state index in [1.165, 1.54) is 10.9 Å². The van der Waals surface area contributed by atoms with Crippen LogP contribution < -0.4 is 15.0 Å². The van der Waals surface area contributed by atoms with E-state index in [0.717, 1.165) is 12.8 Å². The molecule has 9 nitrogen and oxygen atoms in total. The van der Waals surface area contributed by atoms with Crippen LogP contribution in [0.25, 0.3) is 16.7 Å². The van der Waals surface area contributed by atoms with Crippen LogP contribution in [0.2, 0.25) is 5.15 Å². The van der Waals surface area contributed by atoms with E-state index in [9.17, 15) is 14.7 Å². The lowest BCUT2D eigenvalue weighted by Crippen LogP contribution is -2.51. The molecule has 6 rings (SSSR count). The third kappa shape index (κ3) is 3.45. The SMILES string of the molecule is CC1(C(=O)N2CCC(O)(Cn3cnc4c(cc(Cl)n4-c4ccc5c(c4)OCO5)c3=O)CC2)CC1. The van der Waals surface area contributed by atoms with Gasteiger partial charge in [-0.2, -0.15) is 0 Å². The number of carbonyl (C=O) groups excluding carboxylic acids is 1. The Bertz CT molecular complexity index is 1370. The fourth-order valence-corrected chi connectivity index (χ4v) is 5.14. The van der Waals surface area contributed by atoms with E-state index in [2.05, 4.69) is 4.98 Å². The molecule has 178 valence electrons. The van der Waals surface area contributed by atoms with Gasteiger partial charge in [-0.3, -0.25) is 18.7 Å². The maximum absolute atomic E-state index is 13.3. The fourth-order valence-electron chi connectivity index (χ4n) is 4.85. The molecule has 0 bridgehead atoms. The molecule has 1 saturated heterocycles. The maximum Gasteiger partial charge on any atom is 0.262 e. The largest absolute Gasteiger partial charge is 0.454 e. The molecule has 0 unspecified atom stereocenters. The van der Waals surface area contributed by atoms with Gasteiger partial charge < -0.3 is 19.5 Å². The molecule has 0 atom stereocenters. The summed E-state index contributed by atoms with van der Waals surface area (Å²) in [6.07, 6.45) is 4.14. The van der Waals surface area contributed by atoms with Crippen molar-refractivity contribution >= 4 is 28.5 Å². The first-order valence-corrected chi connectivity index (χ1v) is 11.8. The van der Waals surface area contributed by atoms with Crippen LogP contribution in [0.15, 0.2) is 35.4 Å². The number of hydrogen-bond acceptors (Lipinski definition) is 6. The predicted molar refractivity (Wildman–Crippen MR) is 125 cm³/mol. The van der Waals surface area contributed by atoms with Crippen molar-refractivity contribution in [1.29, 1.82) is 0 Å². The lowest BCUT2D eigenvalue weighted by atomic mass is 9.90. The van der Waals surface area contributed by atoms with Gasteiger partial charge in [0.15, 0.2) is 17.1 Å². The topological polar surface area (TPSA) is 98.8 Å².